The average Bonchev–Trinajstić information content (AvgIpc) is 3.26. The molecule has 0 aliphatic rings. The van der Waals surface area contributed by atoms with E-state index in [0.29, 0.717) is 34.8 Å². The molecule has 0 unspecified atom stereocenters. The number of nitrogens with one attached hydrogen (secondary N) is 1. The molecule has 1 aromatic heterocycles. The molecule has 0 fully saturated rings. The van der Waals surface area contributed by atoms with Gasteiger partial charge in [0.05, 0.1) is 12.9 Å². The summed E-state index contributed by atoms with van der Waals surface area (Å²) in [6.45, 7) is 6.07. The van der Waals surface area contributed by atoms with Gasteiger partial charge in [0.25, 0.3) is 0 Å². The number of rotatable bonds is 7. The Kier molecular flexibility index (Phi) is 6.68. The molecule has 1 heterocycles. The normalized spacial score (nSPS) is 11.5. The minimum absolute atomic E-state index is 0.314. The number of halogens is 1. The van der Waals surface area contributed by atoms with Crippen LogP contribution in [0.3, 0.4) is 0 Å². The minimum Gasteiger partial charge on any atom is -0.493 e. The Morgan fingerprint density at radius 1 is 1.11 bits per heavy atom. The summed E-state index contributed by atoms with van der Waals surface area (Å²) in [5.74, 6) is -0.550. The third-order valence-corrected chi connectivity index (χ3v) is 5.70. The maximum Gasteiger partial charge on any atom is 0.248 e. The standard InChI is InChI=1S/C28H25FN2O4/c1-4-34-26-17(3)27-23(24(15-35-27)18-5-9-20(29)10-6-18)14-22(26)16(2)13-25(32)31-21-11-7-19(8-12-21)28(30)33/h5-15H,4H2,1-3H3,(H2,30,33)(H,31,32)/b16-13+. The van der Waals surface area contributed by atoms with Gasteiger partial charge >= 0.3 is 0 Å². The number of benzene rings is 3. The van der Waals surface area contributed by atoms with E-state index in [0.717, 1.165) is 27.6 Å². The Morgan fingerprint density at radius 3 is 2.43 bits per heavy atom. The molecule has 7 heteroatoms. The number of ether oxygens (including phenoxy) is 1. The third-order valence-electron chi connectivity index (χ3n) is 5.70. The molecule has 0 spiro atoms. The van der Waals surface area contributed by atoms with Crippen molar-refractivity contribution in [3.05, 3.63) is 89.4 Å². The molecule has 0 saturated heterocycles. The molecule has 178 valence electrons. The zero-order valence-electron chi connectivity index (χ0n) is 19.6. The van der Waals surface area contributed by atoms with E-state index in [-0.39, 0.29) is 11.7 Å². The first-order chi connectivity index (χ1) is 16.8. The van der Waals surface area contributed by atoms with Gasteiger partial charge in [0.1, 0.15) is 17.1 Å². The molecule has 0 aliphatic carbocycles. The summed E-state index contributed by atoms with van der Waals surface area (Å²) in [6, 6.07) is 14.5. The molecule has 6 nitrogen and oxygen atoms in total. The number of amides is 2. The van der Waals surface area contributed by atoms with Crippen LogP contribution in [0, 0.1) is 12.7 Å². The number of allylic oxidation sites excluding steroid dienone is 1. The Morgan fingerprint density at radius 2 is 1.80 bits per heavy atom. The van der Waals surface area contributed by atoms with Crippen LogP contribution in [0.2, 0.25) is 0 Å². The zero-order valence-corrected chi connectivity index (χ0v) is 19.6. The van der Waals surface area contributed by atoms with Gasteiger partial charge in [-0.2, -0.15) is 0 Å². The number of hydrogen-bond acceptors (Lipinski definition) is 4. The minimum atomic E-state index is -0.535. The third kappa shape index (κ3) is 4.94. The van der Waals surface area contributed by atoms with Crippen molar-refractivity contribution in [1.82, 2.24) is 0 Å². The Bertz CT molecular complexity index is 1430. The van der Waals surface area contributed by atoms with Gasteiger partial charge in [-0.25, -0.2) is 4.39 Å². The maximum absolute atomic E-state index is 13.4. The first-order valence-electron chi connectivity index (χ1n) is 11.1. The highest BCUT2D eigenvalue weighted by molar-refractivity contribution is 6.06. The van der Waals surface area contributed by atoms with Crippen LogP contribution < -0.4 is 15.8 Å². The number of primary amides is 1. The quantitative estimate of drug-likeness (QED) is 0.318. The molecule has 0 atom stereocenters. The molecule has 0 saturated carbocycles. The second-order valence-electron chi connectivity index (χ2n) is 8.10. The fraction of sp³-hybridized carbons (Fsp3) is 0.143. The number of hydrogen-bond donors (Lipinski definition) is 2. The first-order valence-corrected chi connectivity index (χ1v) is 11.1. The van der Waals surface area contributed by atoms with Gasteiger partial charge in [-0.1, -0.05) is 12.1 Å². The van der Waals surface area contributed by atoms with Crippen molar-refractivity contribution in [1.29, 1.82) is 0 Å². The van der Waals surface area contributed by atoms with Crippen LogP contribution >= 0.6 is 0 Å². The van der Waals surface area contributed by atoms with Gasteiger partial charge in [-0.3, -0.25) is 9.59 Å². The van der Waals surface area contributed by atoms with E-state index in [4.69, 9.17) is 14.9 Å². The van der Waals surface area contributed by atoms with Crippen LogP contribution in [0.5, 0.6) is 5.75 Å². The largest absolute Gasteiger partial charge is 0.493 e. The highest BCUT2D eigenvalue weighted by Crippen LogP contribution is 2.40. The van der Waals surface area contributed by atoms with Crippen LogP contribution in [0.25, 0.3) is 27.7 Å². The summed E-state index contributed by atoms with van der Waals surface area (Å²) in [5.41, 5.74) is 10.7. The van der Waals surface area contributed by atoms with Crippen LogP contribution in [-0.2, 0) is 4.79 Å². The number of fused-ring (bicyclic) bond motifs is 1. The molecular weight excluding hydrogens is 447 g/mol. The fourth-order valence-corrected chi connectivity index (χ4v) is 3.96. The van der Waals surface area contributed by atoms with Crippen molar-refractivity contribution in [3.8, 4) is 16.9 Å². The van der Waals surface area contributed by atoms with Gasteiger partial charge in [0.2, 0.25) is 11.8 Å². The van der Waals surface area contributed by atoms with Crippen LogP contribution in [0.4, 0.5) is 10.1 Å². The molecule has 3 N–H and O–H groups in total. The van der Waals surface area contributed by atoms with Crippen molar-refractivity contribution in [2.24, 2.45) is 5.73 Å². The van der Waals surface area contributed by atoms with Gasteiger partial charge in [0.15, 0.2) is 0 Å². The van der Waals surface area contributed by atoms with E-state index < -0.39 is 5.91 Å². The van der Waals surface area contributed by atoms with Gasteiger partial charge in [-0.05, 0) is 74.4 Å². The van der Waals surface area contributed by atoms with E-state index in [1.165, 1.54) is 18.2 Å². The molecule has 35 heavy (non-hydrogen) atoms. The lowest BCUT2D eigenvalue weighted by Gasteiger charge is -2.15. The number of aryl methyl sites for hydroxylation is 1. The summed E-state index contributed by atoms with van der Waals surface area (Å²) in [4.78, 5) is 24.0. The summed E-state index contributed by atoms with van der Waals surface area (Å²) in [6.07, 6.45) is 3.13. The second kappa shape index (κ2) is 9.85. The van der Waals surface area contributed by atoms with Gasteiger partial charge in [-0.15, -0.1) is 0 Å². The molecule has 0 aliphatic heterocycles. The summed E-state index contributed by atoms with van der Waals surface area (Å²) >= 11 is 0. The topological polar surface area (TPSA) is 94.6 Å². The van der Waals surface area contributed by atoms with Crippen molar-refractivity contribution in [2.45, 2.75) is 20.8 Å². The Labute approximate surface area is 202 Å². The lowest BCUT2D eigenvalue weighted by Crippen LogP contribution is -2.12. The average molecular weight is 473 g/mol. The second-order valence-corrected chi connectivity index (χ2v) is 8.10. The summed E-state index contributed by atoms with van der Waals surface area (Å²) in [5, 5.41) is 3.62. The van der Waals surface area contributed by atoms with Gasteiger partial charge in [0, 0.05) is 39.4 Å². The van der Waals surface area contributed by atoms with E-state index in [1.807, 2.05) is 26.8 Å². The van der Waals surface area contributed by atoms with Crippen molar-refractivity contribution in [3.63, 3.8) is 0 Å². The number of anilines is 1. The fourth-order valence-electron chi connectivity index (χ4n) is 3.96. The number of carbonyl (C=O) groups is 2. The molecule has 0 bridgehead atoms. The highest BCUT2D eigenvalue weighted by Gasteiger charge is 2.19. The number of nitrogens with two attached hydrogens (primary N) is 1. The van der Waals surface area contributed by atoms with Crippen molar-refractivity contribution < 1.29 is 23.1 Å². The lowest BCUT2D eigenvalue weighted by atomic mass is 9.96. The zero-order chi connectivity index (χ0) is 25.1. The predicted octanol–water partition coefficient (Wildman–Crippen LogP) is 6.09. The Balaban J connectivity index is 1.72. The maximum atomic E-state index is 13.4. The monoisotopic (exact) mass is 472 g/mol. The summed E-state index contributed by atoms with van der Waals surface area (Å²) in [7, 11) is 0. The van der Waals surface area contributed by atoms with Gasteiger partial charge < -0.3 is 20.2 Å². The van der Waals surface area contributed by atoms with Crippen LogP contribution in [0.15, 0.2) is 71.4 Å². The van der Waals surface area contributed by atoms with Crippen LogP contribution in [-0.4, -0.2) is 18.4 Å². The number of carbonyl (C=O) groups excluding carboxylic acids is 2. The van der Waals surface area contributed by atoms with Crippen molar-refractivity contribution in [2.75, 3.05) is 11.9 Å². The number of furan rings is 1. The van der Waals surface area contributed by atoms with Crippen molar-refractivity contribution >= 4 is 34.0 Å². The molecule has 0 radical (unpaired) electrons. The molecule has 4 rings (SSSR count). The molecule has 4 aromatic rings. The molecule has 3 aromatic carbocycles. The SMILES string of the molecule is CCOc1c(/C(C)=C/C(=O)Nc2ccc(C(N)=O)cc2)cc2c(-c3ccc(F)cc3)coc2c1C. The lowest BCUT2D eigenvalue weighted by molar-refractivity contribution is -0.111. The first kappa shape index (κ1) is 23.8. The van der Waals surface area contributed by atoms with E-state index in [9.17, 15) is 14.0 Å². The smallest absolute Gasteiger partial charge is 0.248 e. The predicted molar refractivity (Wildman–Crippen MR) is 135 cm³/mol. The van der Waals surface area contributed by atoms with E-state index >= 15 is 0 Å². The Hall–Kier alpha value is -4.39. The summed E-state index contributed by atoms with van der Waals surface area (Å²) < 4.78 is 25.2. The molecule has 2 amide bonds. The van der Waals surface area contributed by atoms with E-state index in [2.05, 4.69) is 5.32 Å². The molecular formula is C28H25FN2O4. The van der Waals surface area contributed by atoms with Crippen LogP contribution in [0.1, 0.15) is 35.3 Å². The van der Waals surface area contributed by atoms with E-state index in [1.54, 1.807) is 42.7 Å². The highest BCUT2D eigenvalue weighted by atomic mass is 19.1.